The zero-order valence-electron chi connectivity index (χ0n) is 12.8. The van der Waals surface area contributed by atoms with E-state index in [0.717, 1.165) is 28.4 Å². The lowest BCUT2D eigenvalue weighted by Gasteiger charge is -2.15. The van der Waals surface area contributed by atoms with Gasteiger partial charge in [-0.3, -0.25) is 9.20 Å². The Morgan fingerprint density at radius 3 is 2.78 bits per heavy atom. The second-order valence-corrected chi connectivity index (χ2v) is 7.82. The van der Waals surface area contributed by atoms with Crippen LogP contribution in [0.5, 0.6) is 0 Å². The van der Waals surface area contributed by atoms with Crippen molar-refractivity contribution >= 4 is 33.5 Å². The molecule has 1 N–H and O–H groups in total. The first-order valence-electron chi connectivity index (χ1n) is 8.12. The second kappa shape index (κ2) is 6.45. The summed E-state index contributed by atoms with van der Waals surface area (Å²) >= 11 is 3.19. The van der Waals surface area contributed by atoms with Gasteiger partial charge in [0, 0.05) is 17.6 Å². The first-order chi connectivity index (χ1) is 11.3. The van der Waals surface area contributed by atoms with E-state index in [1.807, 2.05) is 27.4 Å². The van der Waals surface area contributed by atoms with Crippen LogP contribution in [0.3, 0.4) is 0 Å². The quantitative estimate of drug-likeness (QED) is 0.706. The second-order valence-electron chi connectivity index (χ2n) is 6.04. The van der Waals surface area contributed by atoms with Gasteiger partial charge in [0.05, 0.1) is 4.88 Å². The molecule has 0 bridgehead atoms. The molecule has 0 aliphatic heterocycles. The number of hydrogen-bond acceptors (Lipinski definition) is 4. The number of thiazole rings is 1. The number of carbonyl (C=O) groups is 1. The number of hydrogen-bond donors (Lipinski definition) is 1. The van der Waals surface area contributed by atoms with Gasteiger partial charge in [0.2, 0.25) is 0 Å². The molecular weight excluding hydrogens is 326 g/mol. The SMILES string of the molecule is O=C(NC1CCCCCC1)c1csc2nc(-c3cccs3)cn12. The molecule has 1 fully saturated rings. The Kier molecular flexibility index (Phi) is 4.18. The maximum absolute atomic E-state index is 12.6. The number of fused-ring (bicyclic) bond motifs is 1. The molecule has 0 unspecified atom stereocenters. The fraction of sp³-hybridized carbons (Fsp3) is 0.412. The highest BCUT2D eigenvalue weighted by atomic mass is 32.1. The van der Waals surface area contributed by atoms with E-state index in [0.29, 0.717) is 11.7 Å². The molecule has 0 saturated heterocycles. The average molecular weight is 345 g/mol. The molecule has 0 atom stereocenters. The van der Waals surface area contributed by atoms with Crippen LogP contribution in [-0.2, 0) is 0 Å². The van der Waals surface area contributed by atoms with Crippen LogP contribution in [0.15, 0.2) is 29.1 Å². The molecule has 1 amide bonds. The molecule has 3 heterocycles. The van der Waals surface area contributed by atoms with Crippen LogP contribution in [0.4, 0.5) is 0 Å². The van der Waals surface area contributed by atoms with Gasteiger partial charge in [0.25, 0.3) is 5.91 Å². The molecule has 1 aliphatic carbocycles. The fourth-order valence-corrected chi connectivity index (χ4v) is 4.71. The topological polar surface area (TPSA) is 46.4 Å². The Morgan fingerprint density at radius 2 is 2.04 bits per heavy atom. The van der Waals surface area contributed by atoms with Crippen molar-refractivity contribution in [2.75, 3.05) is 0 Å². The molecule has 4 nitrogen and oxygen atoms in total. The van der Waals surface area contributed by atoms with Gasteiger partial charge in [-0.1, -0.05) is 31.7 Å². The maximum Gasteiger partial charge on any atom is 0.269 e. The summed E-state index contributed by atoms with van der Waals surface area (Å²) in [7, 11) is 0. The van der Waals surface area contributed by atoms with E-state index < -0.39 is 0 Å². The lowest BCUT2D eigenvalue weighted by atomic mass is 10.1. The number of thiophene rings is 1. The fourth-order valence-electron chi connectivity index (χ4n) is 3.17. The molecule has 4 rings (SSSR count). The van der Waals surface area contributed by atoms with Crippen molar-refractivity contribution < 1.29 is 4.79 Å². The highest BCUT2D eigenvalue weighted by Crippen LogP contribution is 2.27. The minimum atomic E-state index is 0.0262. The molecule has 0 aromatic carbocycles. The number of aromatic nitrogens is 2. The summed E-state index contributed by atoms with van der Waals surface area (Å²) in [5.41, 5.74) is 1.64. The number of nitrogens with zero attached hydrogens (tertiary/aromatic N) is 2. The van der Waals surface area contributed by atoms with Crippen molar-refractivity contribution in [2.45, 2.75) is 44.6 Å². The monoisotopic (exact) mass is 345 g/mol. The Labute approximate surface area is 143 Å². The third-order valence-corrected chi connectivity index (χ3v) is 6.14. The van der Waals surface area contributed by atoms with Gasteiger partial charge in [-0.05, 0) is 24.3 Å². The van der Waals surface area contributed by atoms with Crippen molar-refractivity contribution in [3.63, 3.8) is 0 Å². The van der Waals surface area contributed by atoms with Gasteiger partial charge in [-0.25, -0.2) is 4.98 Å². The third-order valence-electron chi connectivity index (χ3n) is 4.41. The maximum atomic E-state index is 12.6. The number of amides is 1. The zero-order chi connectivity index (χ0) is 15.6. The summed E-state index contributed by atoms with van der Waals surface area (Å²) in [5, 5.41) is 7.17. The van der Waals surface area contributed by atoms with Crippen molar-refractivity contribution in [2.24, 2.45) is 0 Å². The van der Waals surface area contributed by atoms with Crippen LogP contribution < -0.4 is 5.32 Å². The van der Waals surface area contributed by atoms with Crippen molar-refractivity contribution in [3.05, 3.63) is 34.8 Å². The molecule has 120 valence electrons. The van der Waals surface area contributed by atoms with E-state index in [2.05, 4.69) is 16.4 Å². The van der Waals surface area contributed by atoms with Crippen LogP contribution >= 0.6 is 22.7 Å². The van der Waals surface area contributed by atoms with Gasteiger partial charge in [-0.2, -0.15) is 0 Å². The van der Waals surface area contributed by atoms with Gasteiger partial charge in [-0.15, -0.1) is 22.7 Å². The van der Waals surface area contributed by atoms with Gasteiger partial charge < -0.3 is 5.32 Å². The first-order valence-corrected chi connectivity index (χ1v) is 9.88. The highest BCUT2D eigenvalue weighted by molar-refractivity contribution is 7.15. The summed E-state index contributed by atoms with van der Waals surface area (Å²) < 4.78 is 1.92. The smallest absolute Gasteiger partial charge is 0.269 e. The predicted octanol–water partition coefficient (Wildman–Crippen LogP) is 4.58. The van der Waals surface area contributed by atoms with E-state index in [1.165, 1.54) is 37.0 Å². The number of rotatable bonds is 3. The van der Waals surface area contributed by atoms with Gasteiger partial charge in [0.1, 0.15) is 11.4 Å². The van der Waals surface area contributed by atoms with Crippen LogP contribution in [0, 0.1) is 0 Å². The first kappa shape index (κ1) is 14.9. The van der Waals surface area contributed by atoms with Crippen LogP contribution in [-0.4, -0.2) is 21.3 Å². The molecule has 6 heteroatoms. The Bertz CT molecular complexity index is 795. The van der Waals surface area contributed by atoms with Crippen molar-refractivity contribution in [1.82, 2.24) is 14.7 Å². The summed E-state index contributed by atoms with van der Waals surface area (Å²) in [6.07, 6.45) is 9.20. The number of imidazole rings is 1. The van der Waals surface area contributed by atoms with E-state index in [1.54, 1.807) is 11.3 Å². The van der Waals surface area contributed by atoms with E-state index >= 15 is 0 Å². The normalized spacial score (nSPS) is 16.5. The molecule has 0 spiro atoms. The van der Waals surface area contributed by atoms with Crippen molar-refractivity contribution in [1.29, 1.82) is 0 Å². The predicted molar refractivity (Wildman–Crippen MR) is 95.3 cm³/mol. The van der Waals surface area contributed by atoms with Gasteiger partial charge >= 0.3 is 0 Å². The summed E-state index contributed by atoms with van der Waals surface area (Å²) in [6, 6.07) is 4.40. The lowest BCUT2D eigenvalue weighted by Crippen LogP contribution is -2.34. The summed E-state index contributed by atoms with van der Waals surface area (Å²) in [5.74, 6) is 0.0262. The summed E-state index contributed by atoms with van der Waals surface area (Å²) in [4.78, 5) is 19.3. The molecule has 0 radical (unpaired) electrons. The number of nitrogens with one attached hydrogen (secondary N) is 1. The Morgan fingerprint density at radius 1 is 1.22 bits per heavy atom. The Hall–Kier alpha value is -1.66. The number of carbonyl (C=O) groups excluding carboxylic acids is 1. The zero-order valence-corrected chi connectivity index (χ0v) is 14.5. The van der Waals surface area contributed by atoms with E-state index in [9.17, 15) is 4.79 Å². The Balaban J connectivity index is 1.57. The van der Waals surface area contributed by atoms with Crippen LogP contribution in [0.2, 0.25) is 0 Å². The standard InChI is InChI=1S/C17H19N3OS2/c21-16(18-12-6-3-1-2-4-7-12)14-11-23-17-19-13(10-20(14)17)15-8-5-9-22-15/h5,8-12H,1-4,6-7H2,(H,18,21). The third kappa shape index (κ3) is 3.05. The molecule has 3 aromatic rings. The average Bonchev–Trinajstić information content (AvgIpc) is 3.21. The van der Waals surface area contributed by atoms with Crippen LogP contribution in [0.25, 0.3) is 15.5 Å². The van der Waals surface area contributed by atoms with E-state index in [4.69, 9.17) is 0 Å². The molecule has 23 heavy (non-hydrogen) atoms. The lowest BCUT2D eigenvalue weighted by molar-refractivity contribution is 0.0927. The largest absolute Gasteiger partial charge is 0.348 e. The minimum absolute atomic E-state index is 0.0262. The van der Waals surface area contributed by atoms with E-state index in [-0.39, 0.29) is 5.91 Å². The van der Waals surface area contributed by atoms with Crippen molar-refractivity contribution in [3.8, 4) is 10.6 Å². The molecular formula is C17H19N3OS2. The minimum Gasteiger partial charge on any atom is -0.348 e. The highest BCUT2D eigenvalue weighted by Gasteiger charge is 2.19. The molecule has 1 saturated carbocycles. The molecule has 3 aromatic heterocycles. The van der Waals surface area contributed by atoms with Crippen LogP contribution in [0.1, 0.15) is 49.0 Å². The molecule has 1 aliphatic rings. The summed E-state index contributed by atoms with van der Waals surface area (Å²) in [6.45, 7) is 0. The van der Waals surface area contributed by atoms with Gasteiger partial charge in [0.15, 0.2) is 4.96 Å².